The van der Waals surface area contributed by atoms with Crippen LogP contribution in [-0.2, 0) is 19.4 Å². The third kappa shape index (κ3) is 1.97. The Bertz CT molecular complexity index is 644. The maximum absolute atomic E-state index is 2.48. The van der Waals surface area contributed by atoms with Crippen LogP contribution in [0.2, 0.25) is 0 Å². The highest BCUT2D eigenvalue weighted by Gasteiger charge is 2.25. The van der Waals surface area contributed by atoms with E-state index in [-0.39, 0.29) is 0 Å². The van der Waals surface area contributed by atoms with E-state index in [0.29, 0.717) is 5.92 Å². The van der Waals surface area contributed by atoms with E-state index in [0.717, 1.165) is 13.1 Å². The maximum Gasteiger partial charge on any atom is 0.0234 e. The van der Waals surface area contributed by atoms with E-state index in [1.54, 1.807) is 11.1 Å². The van der Waals surface area contributed by atoms with Crippen LogP contribution in [0, 0.1) is 0 Å². The van der Waals surface area contributed by atoms with E-state index in [4.69, 9.17) is 0 Å². The van der Waals surface area contributed by atoms with Gasteiger partial charge in [0.15, 0.2) is 0 Å². The second-order valence-corrected chi connectivity index (χ2v) is 6.33. The topological polar surface area (TPSA) is 3.24 Å². The van der Waals surface area contributed by atoms with Crippen molar-refractivity contribution in [3.63, 3.8) is 0 Å². The van der Waals surface area contributed by atoms with Gasteiger partial charge in [-0.1, -0.05) is 42.5 Å². The van der Waals surface area contributed by atoms with Crippen molar-refractivity contribution in [1.29, 1.82) is 0 Å². The maximum atomic E-state index is 2.48. The average molecular weight is 263 g/mol. The van der Waals surface area contributed by atoms with Crippen LogP contribution in [0.25, 0.3) is 0 Å². The van der Waals surface area contributed by atoms with E-state index in [9.17, 15) is 0 Å². The van der Waals surface area contributed by atoms with Crippen molar-refractivity contribution in [2.24, 2.45) is 0 Å². The molecular formula is C19H21N. The van der Waals surface area contributed by atoms with Crippen molar-refractivity contribution < 1.29 is 0 Å². The minimum Gasteiger partial charge on any atom is -0.301 e. The molecule has 0 fully saturated rings. The molecule has 0 amide bonds. The Morgan fingerprint density at radius 2 is 1.80 bits per heavy atom. The fourth-order valence-electron chi connectivity index (χ4n) is 3.88. The van der Waals surface area contributed by atoms with Gasteiger partial charge in [0.25, 0.3) is 0 Å². The summed E-state index contributed by atoms with van der Waals surface area (Å²) in [5.74, 6) is 0.538. The van der Waals surface area contributed by atoms with Crippen molar-refractivity contribution in [3.8, 4) is 0 Å². The van der Waals surface area contributed by atoms with Crippen LogP contribution in [0.15, 0.2) is 42.5 Å². The summed E-state index contributed by atoms with van der Waals surface area (Å²) >= 11 is 0. The predicted molar refractivity (Wildman–Crippen MR) is 83.1 cm³/mol. The zero-order valence-corrected chi connectivity index (χ0v) is 12.1. The fourth-order valence-corrected chi connectivity index (χ4v) is 3.88. The number of rotatable bonds is 1. The molecule has 0 N–H and O–H groups in total. The summed E-state index contributed by atoms with van der Waals surface area (Å²) in [5.41, 5.74) is 7.69. The highest BCUT2D eigenvalue weighted by Crippen LogP contribution is 2.35. The number of aryl methyl sites for hydroxylation is 2. The number of likely N-dealkylation sites (N-methyl/N-ethyl adjacent to an activating group) is 1. The van der Waals surface area contributed by atoms with E-state index < -0.39 is 0 Å². The van der Waals surface area contributed by atoms with Gasteiger partial charge in [-0.2, -0.15) is 0 Å². The minimum absolute atomic E-state index is 0.538. The molecule has 0 spiro atoms. The zero-order valence-electron chi connectivity index (χ0n) is 12.1. The number of hydrogen-bond acceptors (Lipinski definition) is 1. The molecule has 1 atom stereocenters. The summed E-state index contributed by atoms with van der Waals surface area (Å²) < 4.78 is 0. The summed E-state index contributed by atoms with van der Waals surface area (Å²) in [7, 11) is 2.23. The second-order valence-electron chi connectivity index (χ2n) is 6.33. The van der Waals surface area contributed by atoms with Gasteiger partial charge >= 0.3 is 0 Å². The third-order valence-corrected chi connectivity index (χ3v) is 4.89. The Kier molecular flexibility index (Phi) is 2.89. The average Bonchev–Trinajstić information content (AvgIpc) is 2.93. The van der Waals surface area contributed by atoms with Crippen LogP contribution in [0.5, 0.6) is 0 Å². The molecule has 1 nitrogen and oxygen atoms in total. The van der Waals surface area contributed by atoms with Crippen molar-refractivity contribution in [3.05, 3.63) is 70.3 Å². The van der Waals surface area contributed by atoms with Gasteiger partial charge in [0.2, 0.25) is 0 Å². The molecule has 0 radical (unpaired) electrons. The Morgan fingerprint density at radius 1 is 0.950 bits per heavy atom. The lowest BCUT2D eigenvalue weighted by Crippen LogP contribution is -2.30. The van der Waals surface area contributed by atoms with Crippen LogP contribution in [0.4, 0.5) is 0 Å². The van der Waals surface area contributed by atoms with Gasteiger partial charge in [-0.25, -0.2) is 0 Å². The first-order valence-corrected chi connectivity index (χ1v) is 7.69. The van der Waals surface area contributed by atoms with E-state index in [2.05, 4.69) is 54.4 Å². The summed E-state index contributed by atoms with van der Waals surface area (Å²) in [6, 6.07) is 16.2. The molecular weight excluding hydrogens is 242 g/mol. The SMILES string of the molecule is CN1Cc2ccccc2C(c2ccc3c(c2)CCC3)C1. The summed E-state index contributed by atoms with van der Waals surface area (Å²) in [6.07, 6.45) is 3.88. The molecule has 102 valence electrons. The summed E-state index contributed by atoms with van der Waals surface area (Å²) in [6.45, 7) is 2.22. The first-order chi connectivity index (χ1) is 9.81. The number of fused-ring (bicyclic) bond motifs is 2. The highest BCUT2D eigenvalue weighted by molar-refractivity contribution is 5.44. The second kappa shape index (κ2) is 4.75. The lowest BCUT2D eigenvalue weighted by molar-refractivity contribution is 0.295. The normalized spacial score (nSPS) is 21.6. The van der Waals surface area contributed by atoms with Gasteiger partial charge in [0.1, 0.15) is 0 Å². The van der Waals surface area contributed by atoms with Gasteiger partial charge in [-0.3, -0.25) is 0 Å². The number of benzene rings is 2. The van der Waals surface area contributed by atoms with Crippen LogP contribution in [-0.4, -0.2) is 18.5 Å². The van der Waals surface area contributed by atoms with Crippen LogP contribution < -0.4 is 0 Å². The molecule has 2 aromatic carbocycles. The van der Waals surface area contributed by atoms with E-state index >= 15 is 0 Å². The van der Waals surface area contributed by atoms with E-state index in [1.165, 1.54) is 36.0 Å². The van der Waals surface area contributed by atoms with Crippen LogP contribution in [0.1, 0.15) is 40.2 Å². The van der Waals surface area contributed by atoms with E-state index in [1.807, 2.05) is 0 Å². The monoisotopic (exact) mass is 263 g/mol. The smallest absolute Gasteiger partial charge is 0.0234 e. The molecule has 1 heterocycles. The Morgan fingerprint density at radius 3 is 2.75 bits per heavy atom. The van der Waals surface area contributed by atoms with Gasteiger partial charge in [-0.15, -0.1) is 0 Å². The molecule has 0 bridgehead atoms. The third-order valence-electron chi connectivity index (χ3n) is 4.89. The Balaban J connectivity index is 1.78. The van der Waals surface area contributed by atoms with Gasteiger partial charge in [0.05, 0.1) is 0 Å². The first kappa shape index (κ1) is 12.2. The molecule has 1 unspecified atom stereocenters. The molecule has 0 saturated heterocycles. The van der Waals surface area contributed by atoms with Crippen molar-refractivity contribution in [1.82, 2.24) is 4.90 Å². The Labute approximate surface area is 121 Å². The fraction of sp³-hybridized carbons (Fsp3) is 0.368. The molecule has 2 aromatic rings. The highest BCUT2D eigenvalue weighted by atomic mass is 15.1. The lowest BCUT2D eigenvalue weighted by Gasteiger charge is -2.32. The van der Waals surface area contributed by atoms with Gasteiger partial charge in [0, 0.05) is 19.0 Å². The Hall–Kier alpha value is -1.60. The zero-order chi connectivity index (χ0) is 13.5. The number of hydrogen-bond donors (Lipinski definition) is 0. The lowest BCUT2D eigenvalue weighted by atomic mass is 9.84. The van der Waals surface area contributed by atoms with Crippen LogP contribution in [0.3, 0.4) is 0 Å². The molecule has 1 aliphatic heterocycles. The molecule has 0 aromatic heterocycles. The summed E-state index contributed by atoms with van der Waals surface area (Å²) in [5, 5.41) is 0. The molecule has 4 rings (SSSR count). The van der Waals surface area contributed by atoms with Gasteiger partial charge < -0.3 is 4.90 Å². The predicted octanol–water partition coefficient (Wildman–Crippen LogP) is 3.75. The van der Waals surface area contributed by atoms with Crippen molar-refractivity contribution in [2.75, 3.05) is 13.6 Å². The van der Waals surface area contributed by atoms with Crippen molar-refractivity contribution >= 4 is 0 Å². The molecule has 1 aliphatic carbocycles. The molecule has 0 saturated carbocycles. The molecule has 20 heavy (non-hydrogen) atoms. The van der Waals surface area contributed by atoms with Gasteiger partial charge in [-0.05, 0) is 54.1 Å². The quantitative estimate of drug-likeness (QED) is 0.757. The minimum atomic E-state index is 0.538. The molecule has 1 heteroatoms. The first-order valence-electron chi connectivity index (χ1n) is 7.69. The molecule has 2 aliphatic rings. The largest absolute Gasteiger partial charge is 0.301 e. The van der Waals surface area contributed by atoms with Crippen LogP contribution >= 0.6 is 0 Å². The standard InChI is InChI=1S/C19H21N/c1-20-12-17-5-2-3-8-18(17)19(13-20)16-10-9-14-6-4-7-15(14)11-16/h2-3,5,8-11,19H,4,6-7,12-13H2,1H3. The summed E-state index contributed by atoms with van der Waals surface area (Å²) in [4.78, 5) is 2.44. The van der Waals surface area contributed by atoms with Crippen molar-refractivity contribution in [2.45, 2.75) is 31.7 Å². The number of nitrogens with zero attached hydrogens (tertiary/aromatic N) is 1.